The van der Waals surface area contributed by atoms with Crippen molar-refractivity contribution in [2.24, 2.45) is 5.41 Å². The van der Waals surface area contributed by atoms with Crippen LogP contribution in [0, 0.1) is 5.41 Å². The average Bonchev–Trinajstić information content (AvgIpc) is 2.81. The number of nitrogens with zero attached hydrogens (tertiary/aromatic N) is 1. The zero-order valence-corrected chi connectivity index (χ0v) is 14.5. The molecule has 1 atom stereocenters. The molecule has 0 N–H and O–H groups in total. The largest absolute Gasteiger partial charge is 0.459 e. The Bertz CT molecular complexity index is 635. The van der Waals surface area contributed by atoms with Gasteiger partial charge in [-0.05, 0) is 33.3 Å². The first-order valence-electron chi connectivity index (χ1n) is 7.84. The first-order valence-corrected chi connectivity index (χ1v) is 7.84. The Morgan fingerprint density at radius 1 is 1.21 bits per heavy atom. The third-order valence-electron chi connectivity index (χ3n) is 3.77. The van der Waals surface area contributed by atoms with Crippen LogP contribution < -0.4 is 0 Å². The maximum absolute atomic E-state index is 12.3. The van der Waals surface area contributed by atoms with E-state index in [2.05, 4.69) is 0 Å². The van der Waals surface area contributed by atoms with Crippen LogP contribution in [-0.2, 0) is 25.7 Å². The number of rotatable bonds is 3. The minimum atomic E-state index is -1.35. The number of esters is 1. The van der Waals surface area contributed by atoms with E-state index in [0.29, 0.717) is 0 Å². The maximum Gasteiger partial charge on any atom is 0.410 e. The molecular weight excluding hydrogens is 310 g/mol. The van der Waals surface area contributed by atoms with E-state index >= 15 is 0 Å². The van der Waals surface area contributed by atoms with Gasteiger partial charge in [0.15, 0.2) is 5.78 Å². The van der Waals surface area contributed by atoms with Gasteiger partial charge in [0.1, 0.15) is 17.6 Å². The van der Waals surface area contributed by atoms with Crippen LogP contribution in [0.4, 0.5) is 4.79 Å². The van der Waals surface area contributed by atoms with Gasteiger partial charge in [0.05, 0.1) is 6.54 Å². The van der Waals surface area contributed by atoms with Crippen LogP contribution in [0.2, 0.25) is 0 Å². The smallest absolute Gasteiger partial charge is 0.410 e. The van der Waals surface area contributed by atoms with Crippen molar-refractivity contribution in [1.29, 1.82) is 0 Å². The minimum absolute atomic E-state index is 0.0334. The van der Waals surface area contributed by atoms with E-state index in [1.807, 2.05) is 30.3 Å². The molecule has 0 aliphatic carbocycles. The van der Waals surface area contributed by atoms with Gasteiger partial charge in [-0.15, -0.1) is 0 Å². The highest BCUT2D eigenvalue weighted by atomic mass is 16.6. The summed E-state index contributed by atoms with van der Waals surface area (Å²) in [5, 5.41) is 0. The second-order valence-electron chi connectivity index (χ2n) is 7.15. The second-order valence-corrected chi connectivity index (χ2v) is 7.15. The van der Waals surface area contributed by atoms with Gasteiger partial charge < -0.3 is 9.47 Å². The standard InChI is InChI=1S/C18H23NO5/c1-17(2,3)24-15(21)18(4)12-19(10-14(18)20)16(22)23-11-13-8-6-5-7-9-13/h5-9H,10-12H2,1-4H3/t18-/m1/s1. The fourth-order valence-corrected chi connectivity index (χ4v) is 2.38. The molecular formula is C18H23NO5. The molecule has 24 heavy (non-hydrogen) atoms. The number of carbonyl (C=O) groups excluding carboxylic acids is 3. The molecule has 1 aliphatic heterocycles. The first-order chi connectivity index (χ1) is 11.1. The quantitative estimate of drug-likeness (QED) is 0.628. The average molecular weight is 333 g/mol. The number of hydrogen-bond acceptors (Lipinski definition) is 5. The van der Waals surface area contributed by atoms with Crippen LogP contribution in [0.25, 0.3) is 0 Å². The van der Waals surface area contributed by atoms with Crippen LogP contribution in [0.3, 0.4) is 0 Å². The molecule has 1 fully saturated rings. The van der Waals surface area contributed by atoms with Crippen LogP contribution in [0.15, 0.2) is 30.3 Å². The third-order valence-corrected chi connectivity index (χ3v) is 3.77. The fourth-order valence-electron chi connectivity index (χ4n) is 2.38. The second kappa shape index (κ2) is 6.63. The number of ether oxygens (including phenoxy) is 2. The maximum atomic E-state index is 12.3. The predicted molar refractivity (Wildman–Crippen MR) is 87.2 cm³/mol. The van der Waals surface area contributed by atoms with E-state index in [1.54, 1.807) is 20.8 Å². The third kappa shape index (κ3) is 4.13. The lowest BCUT2D eigenvalue weighted by molar-refractivity contribution is -0.167. The van der Waals surface area contributed by atoms with Crippen molar-refractivity contribution in [2.75, 3.05) is 13.1 Å². The van der Waals surface area contributed by atoms with E-state index < -0.39 is 23.1 Å². The number of ketones is 1. The number of hydrogen-bond donors (Lipinski definition) is 0. The van der Waals surface area contributed by atoms with Crippen LogP contribution >= 0.6 is 0 Å². The predicted octanol–water partition coefficient (Wildman–Crippen LogP) is 2.56. The summed E-state index contributed by atoms with van der Waals surface area (Å²) in [5.74, 6) is -0.952. The van der Waals surface area contributed by atoms with Gasteiger partial charge >= 0.3 is 12.1 Å². The number of carbonyl (C=O) groups is 3. The molecule has 0 unspecified atom stereocenters. The molecule has 0 radical (unpaired) electrons. The van der Waals surface area contributed by atoms with E-state index in [4.69, 9.17) is 9.47 Å². The summed E-state index contributed by atoms with van der Waals surface area (Å²) < 4.78 is 10.5. The molecule has 6 heteroatoms. The van der Waals surface area contributed by atoms with Crippen molar-refractivity contribution in [1.82, 2.24) is 4.90 Å². The van der Waals surface area contributed by atoms with E-state index in [0.717, 1.165) is 5.56 Å². The number of benzene rings is 1. The summed E-state index contributed by atoms with van der Waals surface area (Å²) in [4.78, 5) is 38.0. The normalized spacial score (nSPS) is 20.8. The summed E-state index contributed by atoms with van der Waals surface area (Å²) in [5.41, 5.74) is -1.19. The number of Topliss-reactive ketones (excluding diaryl/α,β-unsaturated/α-hetero) is 1. The zero-order chi connectivity index (χ0) is 18.0. The summed E-state index contributed by atoms with van der Waals surface area (Å²) in [6.07, 6.45) is -0.612. The van der Waals surface area contributed by atoms with Crippen LogP contribution in [-0.4, -0.2) is 41.4 Å². The lowest BCUT2D eigenvalue weighted by Gasteiger charge is -2.27. The topological polar surface area (TPSA) is 72.9 Å². The molecule has 1 heterocycles. The molecule has 0 aromatic heterocycles. The minimum Gasteiger partial charge on any atom is -0.459 e. The molecule has 1 aromatic rings. The Balaban J connectivity index is 1.98. The summed E-state index contributed by atoms with van der Waals surface area (Å²) in [6.45, 7) is 6.65. The molecule has 0 spiro atoms. The number of amides is 1. The SMILES string of the molecule is CC(C)(C)OC(=O)[C@]1(C)CN(C(=O)OCc2ccccc2)CC1=O. The molecule has 1 aromatic carbocycles. The molecule has 1 aliphatic rings. The van der Waals surface area contributed by atoms with E-state index in [1.165, 1.54) is 11.8 Å². The Labute approximate surface area is 141 Å². The van der Waals surface area contributed by atoms with Crippen LogP contribution in [0.5, 0.6) is 0 Å². The van der Waals surface area contributed by atoms with Crippen molar-refractivity contribution >= 4 is 17.8 Å². The van der Waals surface area contributed by atoms with Gasteiger partial charge in [-0.3, -0.25) is 14.5 Å². The highest BCUT2D eigenvalue weighted by Crippen LogP contribution is 2.30. The molecule has 0 saturated carbocycles. The van der Waals surface area contributed by atoms with Crippen molar-refractivity contribution in [3.63, 3.8) is 0 Å². The molecule has 130 valence electrons. The van der Waals surface area contributed by atoms with Crippen molar-refractivity contribution in [2.45, 2.75) is 39.9 Å². The Morgan fingerprint density at radius 2 is 1.83 bits per heavy atom. The molecule has 6 nitrogen and oxygen atoms in total. The summed E-state index contributed by atoms with van der Waals surface area (Å²) in [7, 11) is 0. The van der Waals surface area contributed by atoms with E-state index in [-0.39, 0.29) is 25.5 Å². The zero-order valence-electron chi connectivity index (χ0n) is 14.5. The highest BCUT2D eigenvalue weighted by molar-refractivity contribution is 6.07. The van der Waals surface area contributed by atoms with Gasteiger partial charge in [0.2, 0.25) is 0 Å². The lowest BCUT2D eigenvalue weighted by atomic mass is 9.88. The van der Waals surface area contributed by atoms with Gasteiger partial charge in [-0.1, -0.05) is 30.3 Å². The van der Waals surface area contributed by atoms with Crippen molar-refractivity contribution in [3.8, 4) is 0 Å². The van der Waals surface area contributed by atoms with Gasteiger partial charge in [0, 0.05) is 6.54 Å². The summed E-state index contributed by atoms with van der Waals surface area (Å²) in [6, 6.07) is 9.25. The Hall–Kier alpha value is -2.37. The van der Waals surface area contributed by atoms with E-state index in [9.17, 15) is 14.4 Å². The van der Waals surface area contributed by atoms with Crippen LogP contribution in [0.1, 0.15) is 33.3 Å². The first kappa shape index (κ1) is 18.0. The lowest BCUT2D eigenvalue weighted by Crippen LogP contribution is -2.42. The Morgan fingerprint density at radius 3 is 2.42 bits per heavy atom. The molecule has 1 amide bonds. The highest BCUT2D eigenvalue weighted by Gasteiger charge is 2.51. The van der Waals surface area contributed by atoms with Gasteiger partial charge in [-0.2, -0.15) is 0 Å². The Kier molecular flexibility index (Phi) is 4.96. The summed E-state index contributed by atoms with van der Waals surface area (Å²) >= 11 is 0. The fraction of sp³-hybridized carbons (Fsp3) is 0.500. The van der Waals surface area contributed by atoms with Crippen molar-refractivity contribution < 1.29 is 23.9 Å². The van der Waals surface area contributed by atoms with Gasteiger partial charge in [-0.25, -0.2) is 4.79 Å². The number of likely N-dealkylation sites (tertiary alicyclic amines) is 1. The molecule has 2 rings (SSSR count). The molecule has 0 bridgehead atoms. The molecule has 1 saturated heterocycles. The monoisotopic (exact) mass is 333 g/mol. The van der Waals surface area contributed by atoms with Gasteiger partial charge in [0.25, 0.3) is 0 Å². The van der Waals surface area contributed by atoms with Crippen molar-refractivity contribution in [3.05, 3.63) is 35.9 Å².